The van der Waals surface area contributed by atoms with Gasteiger partial charge in [0.1, 0.15) is 12.4 Å². The second kappa shape index (κ2) is 7.99. The fraction of sp³-hybridized carbons (Fsp3) is 0.273. The summed E-state index contributed by atoms with van der Waals surface area (Å²) >= 11 is 7.53. The molecule has 1 atom stereocenters. The number of amides is 1. The van der Waals surface area contributed by atoms with Gasteiger partial charge in [-0.25, -0.2) is 13.8 Å². The van der Waals surface area contributed by atoms with Gasteiger partial charge in [0, 0.05) is 42.9 Å². The Balaban J connectivity index is 1.55. The molecule has 3 aromatic rings. The zero-order valence-corrected chi connectivity index (χ0v) is 18.5. The molecule has 3 heterocycles. The number of benzene rings is 2. The van der Waals surface area contributed by atoms with E-state index in [1.54, 1.807) is 11.0 Å². The highest BCUT2D eigenvalue weighted by atomic mass is 35.5. The van der Waals surface area contributed by atoms with E-state index in [-0.39, 0.29) is 50.2 Å². The molecule has 1 amide bonds. The Bertz CT molecular complexity index is 1260. The molecule has 2 aromatic carbocycles. The predicted octanol–water partition coefficient (Wildman–Crippen LogP) is 4.07. The van der Waals surface area contributed by atoms with Crippen LogP contribution in [0.4, 0.5) is 13.9 Å². The lowest BCUT2D eigenvalue weighted by Gasteiger charge is -2.39. The minimum absolute atomic E-state index is 0.0856. The Hall–Kier alpha value is -2.75. The first-order valence-corrected chi connectivity index (χ1v) is 11.2. The van der Waals surface area contributed by atoms with Crippen LogP contribution >= 0.6 is 22.9 Å². The number of aromatic nitrogens is 1. The van der Waals surface area contributed by atoms with Crippen molar-refractivity contribution in [2.24, 2.45) is 0 Å². The lowest BCUT2D eigenvalue weighted by Crippen LogP contribution is -2.55. The van der Waals surface area contributed by atoms with E-state index in [4.69, 9.17) is 22.1 Å². The number of nitrogens with zero attached hydrogens (tertiary/aromatic N) is 3. The quantitative estimate of drug-likeness (QED) is 0.564. The zero-order chi connectivity index (χ0) is 22.6. The van der Waals surface area contributed by atoms with Crippen molar-refractivity contribution in [1.29, 1.82) is 0 Å². The van der Waals surface area contributed by atoms with Gasteiger partial charge in [0.2, 0.25) is 5.91 Å². The first-order chi connectivity index (χ1) is 15.4. The molecule has 1 saturated heterocycles. The third-order valence-electron chi connectivity index (χ3n) is 5.92. The molecule has 166 valence electrons. The summed E-state index contributed by atoms with van der Waals surface area (Å²) in [6.45, 7) is 5.86. The zero-order valence-electron chi connectivity index (χ0n) is 16.9. The normalized spacial score (nSPS) is 18.6. The summed E-state index contributed by atoms with van der Waals surface area (Å²) in [4.78, 5) is 20.1. The Morgan fingerprint density at radius 1 is 1.38 bits per heavy atom. The van der Waals surface area contributed by atoms with Crippen molar-refractivity contribution >= 4 is 44.2 Å². The van der Waals surface area contributed by atoms with E-state index in [9.17, 15) is 9.18 Å². The minimum Gasteiger partial charge on any atom is -0.488 e. The molecule has 0 bridgehead atoms. The van der Waals surface area contributed by atoms with Crippen LogP contribution < -0.4 is 10.5 Å². The fourth-order valence-electron chi connectivity index (χ4n) is 4.35. The van der Waals surface area contributed by atoms with Gasteiger partial charge in [-0.3, -0.25) is 9.69 Å². The molecular weight excluding hydrogens is 458 g/mol. The number of thiazole rings is 1. The highest BCUT2D eigenvalue weighted by molar-refractivity contribution is 7.22. The van der Waals surface area contributed by atoms with E-state index in [0.717, 1.165) is 11.3 Å². The van der Waals surface area contributed by atoms with E-state index in [1.807, 2.05) is 0 Å². The van der Waals surface area contributed by atoms with Crippen molar-refractivity contribution in [3.05, 3.63) is 53.1 Å². The number of nitrogens with two attached hydrogens (primary N) is 1. The number of carbonyl (C=O) groups is 1. The number of ether oxygens (including phenoxy) is 1. The molecule has 2 aliphatic rings. The fourth-order valence-corrected chi connectivity index (χ4v) is 5.43. The van der Waals surface area contributed by atoms with E-state index < -0.39 is 11.6 Å². The molecule has 6 nitrogen and oxygen atoms in total. The van der Waals surface area contributed by atoms with Crippen LogP contribution in [0.3, 0.4) is 0 Å². The van der Waals surface area contributed by atoms with E-state index in [0.29, 0.717) is 37.3 Å². The molecular formula is C22H19ClF2N4O2S. The van der Waals surface area contributed by atoms with Gasteiger partial charge in [-0.2, -0.15) is 0 Å². The predicted molar refractivity (Wildman–Crippen MR) is 121 cm³/mol. The number of nitrogen functional groups attached to an aromatic ring is 1. The van der Waals surface area contributed by atoms with Crippen LogP contribution in [0, 0.1) is 11.6 Å². The van der Waals surface area contributed by atoms with Crippen LogP contribution in [-0.4, -0.2) is 53.0 Å². The SMILES string of the molecule is C=CC(=O)N1CCN2Cc3cc(Cl)c(-c4ccc(F)c5sc(N)nc45)c(F)c3OC[C@@H]2C1. The van der Waals surface area contributed by atoms with Crippen LogP contribution in [0.15, 0.2) is 30.9 Å². The number of halogens is 3. The largest absolute Gasteiger partial charge is 0.488 e. The first-order valence-electron chi connectivity index (χ1n) is 10.0. The van der Waals surface area contributed by atoms with Crippen molar-refractivity contribution in [1.82, 2.24) is 14.8 Å². The molecule has 0 spiro atoms. The van der Waals surface area contributed by atoms with Gasteiger partial charge in [-0.1, -0.05) is 29.5 Å². The molecule has 10 heteroatoms. The van der Waals surface area contributed by atoms with Crippen molar-refractivity contribution in [3.8, 4) is 16.9 Å². The van der Waals surface area contributed by atoms with Crippen molar-refractivity contribution in [2.45, 2.75) is 12.6 Å². The van der Waals surface area contributed by atoms with Crippen LogP contribution in [0.5, 0.6) is 5.75 Å². The van der Waals surface area contributed by atoms with Gasteiger partial charge >= 0.3 is 0 Å². The lowest BCUT2D eigenvalue weighted by atomic mass is 10.00. The molecule has 0 aliphatic carbocycles. The second-order valence-corrected chi connectivity index (χ2v) is 9.22. The number of hydrogen-bond donors (Lipinski definition) is 1. The maximum Gasteiger partial charge on any atom is 0.246 e. The molecule has 0 saturated carbocycles. The Morgan fingerprint density at radius 2 is 2.19 bits per heavy atom. The number of hydrogen-bond acceptors (Lipinski definition) is 6. The Kier molecular flexibility index (Phi) is 5.27. The summed E-state index contributed by atoms with van der Waals surface area (Å²) in [6.07, 6.45) is 1.29. The summed E-state index contributed by atoms with van der Waals surface area (Å²) in [6, 6.07) is 4.30. The molecule has 32 heavy (non-hydrogen) atoms. The highest BCUT2D eigenvalue weighted by Crippen LogP contribution is 2.43. The average molecular weight is 477 g/mol. The topological polar surface area (TPSA) is 71.7 Å². The van der Waals surface area contributed by atoms with Gasteiger partial charge in [0.05, 0.1) is 21.3 Å². The number of piperazine rings is 1. The standard InChI is InChI=1S/C22H19ClF2N4O2S/c1-2-16(30)29-6-5-28-8-11-7-14(23)17(18(25)20(11)31-10-12(28)9-29)13-3-4-15(24)21-19(13)27-22(26)32-21/h2-4,7,12H,1,5-6,8-10H2,(H2,26,27)/t12-/m0/s1. The highest BCUT2D eigenvalue weighted by Gasteiger charge is 2.34. The summed E-state index contributed by atoms with van der Waals surface area (Å²) < 4.78 is 36.2. The molecule has 2 aliphatic heterocycles. The summed E-state index contributed by atoms with van der Waals surface area (Å²) in [5.41, 5.74) is 7.11. The van der Waals surface area contributed by atoms with Crippen LogP contribution in [0.2, 0.25) is 5.02 Å². The molecule has 0 unspecified atom stereocenters. The van der Waals surface area contributed by atoms with Crippen molar-refractivity contribution in [2.75, 3.05) is 32.0 Å². The second-order valence-electron chi connectivity index (χ2n) is 7.78. The van der Waals surface area contributed by atoms with Gasteiger partial charge in [-0.05, 0) is 24.3 Å². The summed E-state index contributed by atoms with van der Waals surface area (Å²) in [5.74, 6) is -1.12. The monoisotopic (exact) mass is 476 g/mol. The van der Waals surface area contributed by atoms with Gasteiger partial charge in [0.15, 0.2) is 16.7 Å². The van der Waals surface area contributed by atoms with E-state index in [1.165, 1.54) is 18.2 Å². The van der Waals surface area contributed by atoms with Crippen molar-refractivity contribution < 1.29 is 18.3 Å². The molecule has 2 N–H and O–H groups in total. The molecule has 5 rings (SSSR count). The van der Waals surface area contributed by atoms with Crippen LogP contribution in [-0.2, 0) is 11.3 Å². The lowest BCUT2D eigenvalue weighted by molar-refractivity contribution is -0.129. The molecule has 0 radical (unpaired) electrons. The summed E-state index contributed by atoms with van der Waals surface area (Å²) in [5, 5.41) is 0.368. The van der Waals surface area contributed by atoms with Gasteiger partial charge in [-0.15, -0.1) is 0 Å². The Morgan fingerprint density at radius 3 is 2.97 bits per heavy atom. The van der Waals surface area contributed by atoms with Crippen LogP contribution in [0.25, 0.3) is 21.3 Å². The van der Waals surface area contributed by atoms with Gasteiger partial charge in [0.25, 0.3) is 0 Å². The number of fused-ring (bicyclic) bond motifs is 3. The third-order valence-corrected chi connectivity index (χ3v) is 7.11. The number of carbonyl (C=O) groups excluding carboxylic acids is 1. The van der Waals surface area contributed by atoms with Crippen LogP contribution in [0.1, 0.15) is 5.56 Å². The molecule has 1 fully saturated rings. The maximum absolute atomic E-state index is 15.8. The molecule has 1 aromatic heterocycles. The first kappa shape index (κ1) is 21.1. The van der Waals surface area contributed by atoms with E-state index in [2.05, 4.69) is 16.5 Å². The smallest absolute Gasteiger partial charge is 0.246 e. The maximum atomic E-state index is 15.8. The third kappa shape index (κ3) is 3.41. The Labute approximate surface area is 191 Å². The van der Waals surface area contributed by atoms with E-state index >= 15 is 4.39 Å². The minimum atomic E-state index is -0.620. The number of anilines is 1. The van der Waals surface area contributed by atoms with Gasteiger partial charge < -0.3 is 15.4 Å². The number of rotatable bonds is 2. The average Bonchev–Trinajstić information content (AvgIpc) is 3.07. The van der Waals surface area contributed by atoms with Crippen molar-refractivity contribution in [3.63, 3.8) is 0 Å². The summed E-state index contributed by atoms with van der Waals surface area (Å²) in [7, 11) is 0.